The van der Waals surface area contributed by atoms with Gasteiger partial charge in [0.05, 0.1) is 27.2 Å². The van der Waals surface area contributed by atoms with Crippen LogP contribution in [0, 0.1) is 0 Å². The van der Waals surface area contributed by atoms with Crippen LogP contribution in [0.1, 0.15) is 24.2 Å². The second-order valence-electron chi connectivity index (χ2n) is 6.04. The molecule has 2 N–H and O–H groups in total. The first kappa shape index (κ1) is 21.2. The third-order valence-electron chi connectivity index (χ3n) is 4.14. The Morgan fingerprint density at radius 2 is 1.61 bits per heavy atom. The minimum Gasteiger partial charge on any atom is -0.497 e. The lowest BCUT2D eigenvalue weighted by Gasteiger charge is -2.22. The summed E-state index contributed by atoms with van der Waals surface area (Å²) in [7, 11) is 2.73. The third-order valence-corrected chi connectivity index (χ3v) is 4.14. The molecule has 0 saturated heterocycles. The largest absolute Gasteiger partial charge is 0.497 e. The van der Waals surface area contributed by atoms with Gasteiger partial charge in [-0.1, -0.05) is 24.3 Å². The molecule has 0 aliphatic carbocycles. The molecule has 2 aromatic carbocycles. The Bertz CT molecular complexity index is 772. The molecule has 7 nitrogen and oxygen atoms in total. The SMILES string of the molecule is CCOc1ccc(CC(=O)NC(C(=O)OC)C(O)c2ccc(OC)cc2)cc1. The van der Waals surface area contributed by atoms with Crippen LogP contribution >= 0.6 is 0 Å². The highest BCUT2D eigenvalue weighted by Gasteiger charge is 2.30. The van der Waals surface area contributed by atoms with Crippen molar-refractivity contribution in [3.05, 3.63) is 59.7 Å². The van der Waals surface area contributed by atoms with Gasteiger partial charge in [-0.15, -0.1) is 0 Å². The van der Waals surface area contributed by atoms with E-state index in [4.69, 9.17) is 14.2 Å². The lowest BCUT2D eigenvalue weighted by molar-refractivity contribution is -0.148. The van der Waals surface area contributed by atoms with Crippen LogP contribution in [0.2, 0.25) is 0 Å². The Morgan fingerprint density at radius 3 is 2.14 bits per heavy atom. The Morgan fingerprint density at radius 1 is 1.00 bits per heavy atom. The maximum Gasteiger partial charge on any atom is 0.331 e. The lowest BCUT2D eigenvalue weighted by atomic mass is 10.0. The molecule has 7 heteroatoms. The van der Waals surface area contributed by atoms with Gasteiger partial charge in [-0.05, 0) is 42.3 Å². The first-order chi connectivity index (χ1) is 13.5. The molecule has 0 heterocycles. The van der Waals surface area contributed by atoms with E-state index in [2.05, 4.69) is 5.32 Å². The number of aliphatic hydroxyl groups is 1. The average molecular weight is 387 g/mol. The zero-order chi connectivity index (χ0) is 20.5. The maximum atomic E-state index is 12.4. The summed E-state index contributed by atoms with van der Waals surface area (Å²) in [6.45, 7) is 2.45. The van der Waals surface area contributed by atoms with Gasteiger partial charge in [-0.25, -0.2) is 4.79 Å². The monoisotopic (exact) mass is 387 g/mol. The number of rotatable bonds is 9. The normalized spacial score (nSPS) is 12.6. The fourth-order valence-electron chi connectivity index (χ4n) is 2.67. The Hall–Kier alpha value is -3.06. The quantitative estimate of drug-likeness (QED) is 0.640. The molecule has 0 radical (unpaired) electrons. The van der Waals surface area contributed by atoms with E-state index in [1.165, 1.54) is 14.2 Å². The number of amides is 1. The number of benzene rings is 2. The van der Waals surface area contributed by atoms with Gasteiger partial charge in [-0.3, -0.25) is 4.79 Å². The number of nitrogens with one attached hydrogen (secondary N) is 1. The molecule has 28 heavy (non-hydrogen) atoms. The highest BCUT2D eigenvalue weighted by Crippen LogP contribution is 2.21. The number of aliphatic hydroxyl groups excluding tert-OH is 1. The minimum atomic E-state index is -1.26. The van der Waals surface area contributed by atoms with Gasteiger partial charge in [0.2, 0.25) is 5.91 Å². The fraction of sp³-hybridized carbons (Fsp3) is 0.333. The molecule has 2 rings (SSSR count). The molecule has 2 aromatic rings. The summed E-state index contributed by atoms with van der Waals surface area (Å²) in [6, 6.07) is 12.4. The van der Waals surface area contributed by atoms with Crippen molar-refractivity contribution in [2.24, 2.45) is 0 Å². The van der Waals surface area contributed by atoms with Crippen molar-refractivity contribution >= 4 is 11.9 Å². The van der Waals surface area contributed by atoms with Crippen LogP contribution < -0.4 is 14.8 Å². The van der Waals surface area contributed by atoms with E-state index in [1.54, 1.807) is 48.5 Å². The molecule has 2 atom stereocenters. The topological polar surface area (TPSA) is 94.1 Å². The number of esters is 1. The Balaban J connectivity index is 2.07. The molecule has 1 amide bonds. The second kappa shape index (κ2) is 10.3. The molecule has 2 unspecified atom stereocenters. The number of methoxy groups -OCH3 is 2. The first-order valence-electron chi connectivity index (χ1n) is 8.89. The Kier molecular flexibility index (Phi) is 7.83. The zero-order valence-electron chi connectivity index (χ0n) is 16.2. The van der Waals surface area contributed by atoms with E-state index in [-0.39, 0.29) is 6.42 Å². The summed E-state index contributed by atoms with van der Waals surface area (Å²) in [5.41, 5.74) is 1.21. The number of carbonyl (C=O) groups is 2. The summed E-state index contributed by atoms with van der Waals surface area (Å²) in [5.74, 6) is 0.189. The third kappa shape index (κ3) is 5.72. The van der Waals surface area contributed by atoms with E-state index in [9.17, 15) is 14.7 Å². The van der Waals surface area contributed by atoms with Crippen LogP contribution in [0.3, 0.4) is 0 Å². The standard InChI is InChI=1S/C21H25NO6/c1-4-28-17-9-5-14(6-10-17)13-18(23)22-19(21(25)27-3)20(24)15-7-11-16(26-2)12-8-15/h5-12,19-20,24H,4,13H2,1-3H3,(H,22,23). The van der Waals surface area contributed by atoms with Gasteiger partial charge in [0.25, 0.3) is 0 Å². The molecule has 0 bridgehead atoms. The molecular weight excluding hydrogens is 362 g/mol. The van der Waals surface area contributed by atoms with Gasteiger partial charge in [0.15, 0.2) is 6.04 Å². The van der Waals surface area contributed by atoms with E-state index in [1.807, 2.05) is 6.92 Å². The minimum absolute atomic E-state index is 0.0508. The summed E-state index contributed by atoms with van der Waals surface area (Å²) in [6.07, 6.45) is -1.21. The summed E-state index contributed by atoms with van der Waals surface area (Å²) in [4.78, 5) is 24.5. The molecule has 0 aliphatic heterocycles. The molecular formula is C21H25NO6. The molecule has 0 aromatic heterocycles. The van der Waals surface area contributed by atoms with E-state index in [0.717, 1.165) is 5.56 Å². The second-order valence-corrected chi connectivity index (χ2v) is 6.04. The Labute approximate surface area is 164 Å². The van der Waals surface area contributed by atoms with Crippen molar-refractivity contribution in [2.45, 2.75) is 25.5 Å². The van der Waals surface area contributed by atoms with Crippen LogP contribution in [0.15, 0.2) is 48.5 Å². The van der Waals surface area contributed by atoms with Crippen molar-refractivity contribution in [1.82, 2.24) is 5.32 Å². The number of hydrogen-bond acceptors (Lipinski definition) is 6. The van der Waals surface area contributed by atoms with Crippen molar-refractivity contribution in [3.63, 3.8) is 0 Å². The molecule has 150 valence electrons. The van der Waals surface area contributed by atoms with Gasteiger partial charge < -0.3 is 24.6 Å². The van der Waals surface area contributed by atoms with Crippen molar-refractivity contribution in [1.29, 1.82) is 0 Å². The van der Waals surface area contributed by atoms with Crippen LogP contribution in [-0.2, 0) is 20.7 Å². The van der Waals surface area contributed by atoms with Gasteiger partial charge in [-0.2, -0.15) is 0 Å². The average Bonchev–Trinajstić information content (AvgIpc) is 2.72. The summed E-state index contributed by atoms with van der Waals surface area (Å²) >= 11 is 0. The maximum absolute atomic E-state index is 12.4. The zero-order valence-corrected chi connectivity index (χ0v) is 16.2. The van der Waals surface area contributed by atoms with Crippen molar-refractivity contribution in [3.8, 4) is 11.5 Å². The number of ether oxygens (including phenoxy) is 3. The van der Waals surface area contributed by atoms with Gasteiger partial charge in [0.1, 0.15) is 17.6 Å². The number of carbonyl (C=O) groups excluding carboxylic acids is 2. The fourth-order valence-corrected chi connectivity index (χ4v) is 2.67. The summed E-state index contributed by atoms with van der Waals surface area (Å²) in [5, 5.41) is 13.1. The van der Waals surface area contributed by atoms with Crippen LogP contribution in [0.5, 0.6) is 11.5 Å². The molecule has 0 fully saturated rings. The van der Waals surface area contributed by atoms with Crippen LogP contribution in [-0.4, -0.2) is 43.9 Å². The van der Waals surface area contributed by atoms with E-state index >= 15 is 0 Å². The number of hydrogen-bond donors (Lipinski definition) is 2. The lowest BCUT2D eigenvalue weighted by Crippen LogP contribution is -2.46. The molecule has 0 aliphatic rings. The van der Waals surface area contributed by atoms with E-state index < -0.39 is 24.0 Å². The smallest absolute Gasteiger partial charge is 0.331 e. The molecule has 0 spiro atoms. The summed E-state index contributed by atoms with van der Waals surface area (Å²) < 4.78 is 15.2. The van der Waals surface area contributed by atoms with Crippen LogP contribution in [0.25, 0.3) is 0 Å². The van der Waals surface area contributed by atoms with Gasteiger partial charge >= 0.3 is 5.97 Å². The highest BCUT2D eigenvalue weighted by molar-refractivity contribution is 5.86. The van der Waals surface area contributed by atoms with E-state index in [0.29, 0.717) is 23.7 Å². The van der Waals surface area contributed by atoms with Crippen molar-refractivity contribution in [2.75, 3.05) is 20.8 Å². The van der Waals surface area contributed by atoms with Crippen LogP contribution in [0.4, 0.5) is 0 Å². The van der Waals surface area contributed by atoms with Gasteiger partial charge in [0, 0.05) is 0 Å². The van der Waals surface area contributed by atoms with Crippen molar-refractivity contribution < 1.29 is 28.9 Å². The predicted molar refractivity (Wildman–Crippen MR) is 103 cm³/mol. The predicted octanol–water partition coefficient (Wildman–Crippen LogP) is 2.03. The highest BCUT2D eigenvalue weighted by atomic mass is 16.5. The first-order valence-corrected chi connectivity index (χ1v) is 8.89. The molecule has 0 saturated carbocycles.